The normalized spacial score (nSPS) is 14.8. The lowest BCUT2D eigenvalue weighted by Crippen LogP contribution is -2.19. The van der Waals surface area contributed by atoms with E-state index in [1.807, 2.05) is 43.3 Å². The second-order valence-electron chi connectivity index (χ2n) is 9.96. The standard InChI is InChI=1S/C30H27F3N4O4/c1-3-25-26(34-28(40)41-18(2)21-5-4-6-23(17-21)30(31,32)33)37(36-35-25)24-13-9-20(10-14-24)19-7-11-22(12-8-19)29(15-16-29)27(38)39/h4-14,17-18H,3,15-16H2,1-2H3,(H,34,40)(H,38,39)/t18-/m1/s1. The predicted octanol–water partition coefficient (Wildman–Crippen LogP) is 6.94. The third kappa shape index (κ3) is 5.65. The highest BCUT2D eigenvalue weighted by atomic mass is 19.4. The number of rotatable bonds is 8. The van der Waals surface area contributed by atoms with Crippen molar-refractivity contribution < 1.29 is 32.6 Å². The molecule has 1 aliphatic rings. The Kier molecular flexibility index (Phi) is 7.29. The number of aryl methyl sites for hydroxylation is 1. The maximum absolute atomic E-state index is 13.1. The molecule has 212 valence electrons. The summed E-state index contributed by atoms with van der Waals surface area (Å²) in [4.78, 5) is 24.4. The van der Waals surface area contributed by atoms with E-state index in [9.17, 15) is 27.9 Å². The van der Waals surface area contributed by atoms with E-state index < -0.39 is 35.3 Å². The summed E-state index contributed by atoms with van der Waals surface area (Å²) in [5.74, 6) is -0.512. The lowest BCUT2D eigenvalue weighted by molar-refractivity contribution is -0.140. The summed E-state index contributed by atoms with van der Waals surface area (Å²) in [7, 11) is 0. The number of hydrogen-bond acceptors (Lipinski definition) is 5. The number of amides is 1. The molecule has 5 rings (SSSR count). The van der Waals surface area contributed by atoms with Crippen molar-refractivity contribution in [1.29, 1.82) is 0 Å². The molecule has 0 unspecified atom stereocenters. The number of ether oxygens (including phenoxy) is 1. The van der Waals surface area contributed by atoms with Crippen LogP contribution in [0.3, 0.4) is 0 Å². The fourth-order valence-electron chi connectivity index (χ4n) is 4.71. The van der Waals surface area contributed by atoms with Crippen molar-refractivity contribution in [3.63, 3.8) is 0 Å². The van der Waals surface area contributed by atoms with E-state index in [-0.39, 0.29) is 11.4 Å². The summed E-state index contributed by atoms with van der Waals surface area (Å²) < 4.78 is 46.1. The van der Waals surface area contributed by atoms with Crippen LogP contribution in [-0.2, 0) is 27.5 Å². The Morgan fingerprint density at radius 2 is 1.68 bits per heavy atom. The van der Waals surface area contributed by atoms with Crippen LogP contribution < -0.4 is 5.32 Å². The Balaban J connectivity index is 1.31. The minimum Gasteiger partial charge on any atom is -0.481 e. The molecule has 0 aliphatic heterocycles. The second kappa shape index (κ2) is 10.7. The molecular weight excluding hydrogens is 537 g/mol. The van der Waals surface area contributed by atoms with Gasteiger partial charge in [-0.3, -0.25) is 10.1 Å². The van der Waals surface area contributed by atoms with E-state index in [0.29, 0.717) is 30.6 Å². The molecule has 1 atom stereocenters. The van der Waals surface area contributed by atoms with Gasteiger partial charge in [0.15, 0.2) is 5.82 Å². The Labute approximate surface area is 233 Å². The molecule has 1 heterocycles. The van der Waals surface area contributed by atoms with Crippen molar-refractivity contribution in [2.24, 2.45) is 0 Å². The van der Waals surface area contributed by atoms with Gasteiger partial charge in [-0.1, -0.05) is 60.7 Å². The van der Waals surface area contributed by atoms with Crippen molar-refractivity contribution in [1.82, 2.24) is 15.0 Å². The molecule has 2 N–H and O–H groups in total. The largest absolute Gasteiger partial charge is 0.481 e. The first-order chi connectivity index (χ1) is 19.5. The van der Waals surface area contributed by atoms with Crippen LogP contribution in [0.25, 0.3) is 16.8 Å². The van der Waals surface area contributed by atoms with Crippen LogP contribution in [0.1, 0.15) is 55.2 Å². The fraction of sp³-hybridized carbons (Fsp3) is 0.267. The number of hydrogen-bond donors (Lipinski definition) is 2. The molecule has 1 aliphatic carbocycles. The SMILES string of the molecule is CCc1nnn(-c2ccc(-c3ccc(C4(C(=O)O)CC4)cc3)cc2)c1NC(=O)O[C@H](C)c1cccc(C(F)(F)F)c1. The first-order valence-corrected chi connectivity index (χ1v) is 13.1. The molecule has 0 spiro atoms. The zero-order chi connectivity index (χ0) is 29.4. The average molecular weight is 565 g/mol. The number of carbonyl (C=O) groups excluding carboxylic acids is 1. The van der Waals surface area contributed by atoms with Gasteiger partial charge in [0.2, 0.25) is 0 Å². The average Bonchev–Trinajstić information content (AvgIpc) is 3.68. The number of carboxylic acids is 1. The van der Waals surface area contributed by atoms with Crippen LogP contribution in [-0.4, -0.2) is 32.2 Å². The molecule has 11 heteroatoms. The van der Waals surface area contributed by atoms with Gasteiger partial charge in [0, 0.05) is 0 Å². The molecule has 1 fully saturated rings. The van der Waals surface area contributed by atoms with E-state index in [1.54, 1.807) is 12.1 Å². The van der Waals surface area contributed by atoms with Crippen LogP contribution in [0.4, 0.5) is 23.8 Å². The smallest absolute Gasteiger partial charge is 0.416 e. The van der Waals surface area contributed by atoms with Gasteiger partial charge in [-0.15, -0.1) is 5.10 Å². The summed E-state index contributed by atoms with van der Waals surface area (Å²) in [6.45, 7) is 3.34. The molecule has 1 saturated carbocycles. The lowest BCUT2D eigenvalue weighted by Gasteiger charge is -2.16. The number of aromatic nitrogens is 3. The van der Waals surface area contributed by atoms with Crippen molar-refractivity contribution in [3.05, 3.63) is 95.2 Å². The molecular formula is C30H27F3N4O4. The molecule has 1 amide bonds. The van der Waals surface area contributed by atoms with Gasteiger partial charge in [-0.25, -0.2) is 4.79 Å². The van der Waals surface area contributed by atoms with Gasteiger partial charge in [-0.05, 0) is 72.7 Å². The number of nitrogens with zero attached hydrogens (tertiary/aromatic N) is 3. The van der Waals surface area contributed by atoms with Gasteiger partial charge in [0.05, 0.1) is 16.7 Å². The number of benzene rings is 3. The minimum absolute atomic E-state index is 0.205. The maximum atomic E-state index is 13.1. The van der Waals surface area contributed by atoms with Crippen LogP contribution in [0, 0.1) is 0 Å². The highest BCUT2D eigenvalue weighted by molar-refractivity contribution is 5.85. The number of carboxylic acid groups (broad SMARTS) is 1. The number of carbonyl (C=O) groups is 2. The predicted molar refractivity (Wildman–Crippen MR) is 145 cm³/mol. The number of nitrogens with one attached hydrogen (secondary N) is 1. The van der Waals surface area contributed by atoms with Crippen molar-refractivity contribution in [2.45, 2.75) is 50.8 Å². The van der Waals surface area contributed by atoms with Crippen LogP contribution in [0.15, 0.2) is 72.8 Å². The summed E-state index contributed by atoms with van der Waals surface area (Å²) in [6.07, 6.45) is -4.57. The Hall–Kier alpha value is -4.67. The molecule has 0 saturated heterocycles. The van der Waals surface area contributed by atoms with Crippen molar-refractivity contribution >= 4 is 17.9 Å². The van der Waals surface area contributed by atoms with Gasteiger partial charge in [-0.2, -0.15) is 17.9 Å². The zero-order valence-electron chi connectivity index (χ0n) is 22.3. The van der Waals surface area contributed by atoms with Gasteiger partial charge < -0.3 is 9.84 Å². The highest BCUT2D eigenvalue weighted by Crippen LogP contribution is 2.48. The van der Waals surface area contributed by atoms with Gasteiger partial charge >= 0.3 is 18.2 Å². The van der Waals surface area contributed by atoms with Crippen LogP contribution in [0.2, 0.25) is 0 Å². The third-order valence-corrected chi connectivity index (χ3v) is 7.30. The van der Waals surface area contributed by atoms with E-state index in [4.69, 9.17) is 4.74 Å². The summed E-state index contributed by atoms with van der Waals surface area (Å²) in [5.41, 5.74) is 2.35. The molecule has 41 heavy (non-hydrogen) atoms. The lowest BCUT2D eigenvalue weighted by atomic mass is 9.94. The molecule has 0 bridgehead atoms. The van der Waals surface area contributed by atoms with Crippen LogP contribution >= 0.6 is 0 Å². The summed E-state index contributed by atoms with van der Waals surface area (Å²) in [5, 5.41) is 20.5. The molecule has 8 nitrogen and oxygen atoms in total. The summed E-state index contributed by atoms with van der Waals surface area (Å²) in [6, 6.07) is 19.5. The Morgan fingerprint density at radius 1 is 1.05 bits per heavy atom. The van der Waals surface area contributed by atoms with Crippen molar-refractivity contribution in [2.75, 3.05) is 5.32 Å². The maximum Gasteiger partial charge on any atom is 0.416 e. The van der Waals surface area contributed by atoms with Crippen LogP contribution in [0.5, 0.6) is 0 Å². The van der Waals surface area contributed by atoms with E-state index >= 15 is 0 Å². The Bertz CT molecular complexity index is 1580. The number of halogens is 3. The number of anilines is 1. The van der Waals surface area contributed by atoms with Gasteiger partial charge in [0.25, 0.3) is 0 Å². The quantitative estimate of drug-likeness (QED) is 0.240. The monoisotopic (exact) mass is 564 g/mol. The molecule has 1 aromatic heterocycles. The first kappa shape index (κ1) is 27.9. The third-order valence-electron chi connectivity index (χ3n) is 7.30. The second-order valence-corrected chi connectivity index (χ2v) is 9.96. The fourth-order valence-corrected chi connectivity index (χ4v) is 4.71. The zero-order valence-corrected chi connectivity index (χ0v) is 22.3. The molecule has 4 aromatic rings. The molecule has 0 radical (unpaired) electrons. The van der Waals surface area contributed by atoms with Crippen molar-refractivity contribution in [3.8, 4) is 16.8 Å². The highest BCUT2D eigenvalue weighted by Gasteiger charge is 2.51. The summed E-state index contributed by atoms with van der Waals surface area (Å²) >= 11 is 0. The van der Waals surface area contributed by atoms with E-state index in [1.165, 1.54) is 23.7 Å². The number of alkyl halides is 3. The van der Waals surface area contributed by atoms with E-state index in [2.05, 4.69) is 15.6 Å². The first-order valence-electron chi connectivity index (χ1n) is 13.1. The minimum atomic E-state index is -4.51. The topological polar surface area (TPSA) is 106 Å². The Morgan fingerprint density at radius 3 is 2.24 bits per heavy atom. The van der Waals surface area contributed by atoms with Gasteiger partial charge in [0.1, 0.15) is 11.8 Å². The number of aliphatic carboxylic acids is 1. The molecule has 3 aromatic carbocycles. The van der Waals surface area contributed by atoms with E-state index in [0.717, 1.165) is 28.8 Å².